The zero-order chi connectivity index (χ0) is 15.1. The zero-order valence-corrected chi connectivity index (χ0v) is 11.8. The van der Waals surface area contributed by atoms with Gasteiger partial charge in [0.05, 0.1) is 10.6 Å². The van der Waals surface area contributed by atoms with E-state index < -0.39 is 0 Å². The summed E-state index contributed by atoms with van der Waals surface area (Å²) in [7, 11) is 0. The van der Waals surface area contributed by atoms with Crippen LogP contribution in [0.2, 0.25) is 5.02 Å². The van der Waals surface area contributed by atoms with Crippen molar-refractivity contribution in [2.45, 2.75) is 19.9 Å². The zero-order valence-electron chi connectivity index (χ0n) is 11.1. The van der Waals surface area contributed by atoms with Gasteiger partial charge in [-0.25, -0.2) is 0 Å². The molecule has 0 aliphatic carbocycles. The smallest absolute Gasteiger partial charge is 0.253 e. The van der Waals surface area contributed by atoms with Crippen LogP contribution in [0.4, 0.5) is 5.69 Å². The lowest BCUT2D eigenvalue weighted by molar-refractivity contribution is 0.0943. The van der Waals surface area contributed by atoms with Crippen molar-refractivity contribution in [2.75, 3.05) is 5.32 Å². The summed E-state index contributed by atoms with van der Waals surface area (Å²) in [5, 5.41) is 23.1. The first-order valence-corrected chi connectivity index (χ1v) is 6.23. The Morgan fingerprint density at radius 2 is 2.00 bits per heavy atom. The van der Waals surface area contributed by atoms with Gasteiger partial charge in [0.25, 0.3) is 5.91 Å². The normalized spacial score (nSPS) is 9.30. The van der Waals surface area contributed by atoms with Gasteiger partial charge < -0.3 is 10.6 Å². The topological polar surface area (TPSA) is 88.7 Å². The molecule has 0 saturated heterocycles. The van der Waals surface area contributed by atoms with Crippen LogP contribution in [0.25, 0.3) is 0 Å². The van der Waals surface area contributed by atoms with Crippen LogP contribution in [0.3, 0.4) is 0 Å². The fourth-order valence-corrected chi connectivity index (χ4v) is 1.58. The van der Waals surface area contributed by atoms with Crippen LogP contribution in [-0.2, 0) is 0 Å². The Morgan fingerprint density at radius 3 is 2.55 bits per heavy atom. The number of benzene rings is 1. The number of nitrogens with zero attached hydrogens (tertiary/aromatic N) is 2. The third-order valence-corrected chi connectivity index (χ3v) is 2.58. The van der Waals surface area contributed by atoms with Crippen molar-refractivity contribution in [1.29, 1.82) is 10.5 Å². The number of nitrogens with one attached hydrogen (secondary N) is 2. The average Bonchev–Trinajstić information content (AvgIpc) is 2.40. The van der Waals surface area contributed by atoms with Crippen molar-refractivity contribution in [1.82, 2.24) is 5.32 Å². The summed E-state index contributed by atoms with van der Waals surface area (Å²) in [6.07, 6.45) is 1.27. The second-order valence-electron chi connectivity index (χ2n) is 4.25. The second kappa shape index (κ2) is 7.18. The van der Waals surface area contributed by atoms with Gasteiger partial charge in [-0.15, -0.1) is 0 Å². The maximum Gasteiger partial charge on any atom is 0.253 e. The van der Waals surface area contributed by atoms with Crippen molar-refractivity contribution in [2.24, 2.45) is 0 Å². The molecule has 0 saturated carbocycles. The Hall–Kier alpha value is -2.50. The van der Waals surface area contributed by atoms with Gasteiger partial charge in [0.1, 0.15) is 17.7 Å². The lowest BCUT2D eigenvalue weighted by Crippen LogP contribution is -2.30. The van der Waals surface area contributed by atoms with Crippen LogP contribution in [0, 0.1) is 22.7 Å². The van der Waals surface area contributed by atoms with E-state index in [2.05, 4.69) is 10.6 Å². The number of halogens is 1. The van der Waals surface area contributed by atoms with Crippen LogP contribution in [0.15, 0.2) is 30.0 Å². The van der Waals surface area contributed by atoms with E-state index in [4.69, 9.17) is 22.1 Å². The molecule has 0 aromatic heterocycles. The molecule has 1 aromatic carbocycles. The van der Waals surface area contributed by atoms with E-state index >= 15 is 0 Å². The number of anilines is 1. The van der Waals surface area contributed by atoms with Gasteiger partial charge in [-0.05, 0) is 32.0 Å². The van der Waals surface area contributed by atoms with E-state index in [0.29, 0.717) is 16.3 Å². The molecule has 2 N–H and O–H groups in total. The molecule has 0 heterocycles. The molecule has 1 amide bonds. The number of allylic oxidation sites excluding steroid dienone is 1. The number of carbonyl (C=O) groups excluding carboxylic acids is 1. The van der Waals surface area contributed by atoms with Gasteiger partial charge in [-0.1, -0.05) is 11.6 Å². The molecule has 0 bridgehead atoms. The van der Waals surface area contributed by atoms with E-state index in [0.717, 1.165) is 0 Å². The molecule has 1 rings (SSSR count). The van der Waals surface area contributed by atoms with E-state index in [-0.39, 0.29) is 17.5 Å². The van der Waals surface area contributed by atoms with Crippen molar-refractivity contribution < 1.29 is 4.79 Å². The highest BCUT2D eigenvalue weighted by Gasteiger charge is 2.11. The maximum atomic E-state index is 11.9. The highest BCUT2D eigenvalue weighted by Crippen LogP contribution is 2.21. The van der Waals surface area contributed by atoms with Gasteiger partial charge >= 0.3 is 0 Å². The third kappa shape index (κ3) is 4.31. The van der Waals surface area contributed by atoms with Gasteiger partial charge in [-0.2, -0.15) is 10.5 Å². The summed E-state index contributed by atoms with van der Waals surface area (Å²) in [5.41, 5.74) is 0.827. The SMILES string of the molecule is CC(C)NC(=O)c1cc(NC=C(C#N)C#N)ccc1Cl. The second-order valence-corrected chi connectivity index (χ2v) is 4.66. The Bertz CT molecular complexity index is 607. The Labute approximate surface area is 122 Å². The van der Waals surface area contributed by atoms with Gasteiger partial charge in [0.15, 0.2) is 0 Å². The van der Waals surface area contributed by atoms with Crippen molar-refractivity contribution in [3.63, 3.8) is 0 Å². The number of carbonyl (C=O) groups is 1. The van der Waals surface area contributed by atoms with Crippen molar-refractivity contribution in [3.8, 4) is 12.1 Å². The summed E-state index contributed by atoms with van der Waals surface area (Å²) < 4.78 is 0. The molecule has 0 fully saturated rings. The molecule has 102 valence electrons. The Morgan fingerprint density at radius 1 is 1.35 bits per heavy atom. The standard InChI is InChI=1S/C14H13ClN4O/c1-9(2)19-14(20)12-5-11(3-4-13(12)15)18-8-10(6-16)7-17/h3-5,8-9,18H,1-2H3,(H,19,20). The predicted molar refractivity (Wildman–Crippen MR) is 77.0 cm³/mol. The fourth-order valence-electron chi connectivity index (χ4n) is 1.37. The summed E-state index contributed by atoms with van der Waals surface area (Å²) in [6.45, 7) is 3.70. The number of hydrogen-bond donors (Lipinski definition) is 2. The number of rotatable bonds is 4. The molecule has 0 atom stereocenters. The Balaban J connectivity index is 2.98. The summed E-state index contributed by atoms with van der Waals surface area (Å²) in [5.74, 6) is -0.279. The first-order chi connectivity index (χ1) is 9.47. The van der Waals surface area contributed by atoms with Crippen molar-refractivity contribution >= 4 is 23.2 Å². The van der Waals surface area contributed by atoms with Crippen LogP contribution < -0.4 is 10.6 Å². The predicted octanol–water partition coefficient (Wildman–Crippen LogP) is 2.82. The Kier molecular flexibility index (Phi) is 5.58. The maximum absolute atomic E-state index is 11.9. The molecular weight excluding hydrogens is 276 g/mol. The minimum absolute atomic E-state index is 0.00106. The molecule has 0 aliphatic heterocycles. The molecule has 6 heteroatoms. The van der Waals surface area contributed by atoms with Gasteiger partial charge in [0.2, 0.25) is 0 Å². The number of hydrogen-bond acceptors (Lipinski definition) is 4. The monoisotopic (exact) mass is 288 g/mol. The summed E-state index contributed by atoms with van der Waals surface area (Å²) in [4.78, 5) is 11.9. The summed E-state index contributed by atoms with van der Waals surface area (Å²) in [6, 6.07) is 8.24. The molecule has 0 radical (unpaired) electrons. The van der Waals surface area contributed by atoms with E-state index in [1.165, 1.54) is 6.20 Å². The first kappa shape index (κ1) is 15.6. The molecular formula is C14H13ClN4O. The molecule has 0 unspecified atom stereocenters. The summed E-state index contributed by atoms with van der Waals surface area (Å²) >= 11 is 5.98. The lowest BCUT2D eigenvalue weighted by Gasteiger charge is -2.11. The minimum atomic E-state index is -0.279. The largest absolute Gasteiger partial charge is 0.360 e. The number of nitriles is 2. The minimum Gasteiger partial charge on any atom is -0.360 e. The van der Waals surface area contributed by atoms with Crippen LogP contribution >= 0.6 is 11.6 Å². The highest BCUT2D eigenvalue weighted by molar-refractivity contribution is 6.34. The average molecular weight is 289 g/mol. The number of amides is 1. The van der Waals surface area contributed by atoms with E-state index in [1.807, 2.05) is 13.8 Å². The van der Waals surface area contributed by atoms with E-state index in [9.17, 15) is 4.79 Å². The third-order valence-electron chi connectivity index (χ3n) is 2.25. The van der Waals surface area contributed by atoms with E-state index in [1.54, 1.807) is 30.3 Å². The molecule has 0 aliphatic rings. The van der Waals surface area contributed by atoms with Gasteiger partial charge in [0, 0.05) is 17.9 Å². The molecule has 0 spiro atoms. The van der Waals surface area contributed by atoms with Crippen LogP contribution in [0.5, 0.6) is 0 Å². The molecule has 1 aromatic rings. The van der Waals surface area contributed by atoms with Gasteiger partial charge in [-0.3, -0.25) is 4.79 Å². The van der Waals surface area contributed by atoms with Crippen LogP contribution in [-0.4, -0.2) is 11.9 Å². The quantitative estimate of drug-likeness (QED) is 0.834. The first-order valence-electron chi connectivity index (χ1n) is 5.85. The van der Waals surface area contributed by atoms with Crippen molar-refractivity contribution in [3.05, 3.63) is 40.6 Å². The molecule has 5 nitrogen and oxygen atoms in total. The fraction of sp³-hybridized carbons (Fsp3) is 0.214. The molecule has 20 heavy (non-hydrogen) atoms. The highest BCUT2D eigenvalue weighted by atomic mass is 35.5. The van der Waals surface area contributed by atoms with Crippen LogP contribution in [0.1, 0.15) is 24.2 Å². The lowest BCUT2D eigenvalue weighted by atomic mass is 10.1.